The number of anilines is 3. The van der Waals surface area contributed by atoms with Gasteiger partial charge in [0.05, 0.1) is 31.3 Å². The molecule has 7 nitrogen and oxygen atoms in total. The highest BCUT2D eigenvalue weighted by Gasteiger charge is 2.15. The minimum atomic E-state index is -0.857. The van der Waals surface area contributed by atoms with Gasteiger partial charge in [-0.15, -0.1) is 0 Å². The summed E-state index contributed by atoms with van der Waals surface area (Å²) < 4.78 is 32.2. The van der Waals surface area contributed by atoms with E-state index in [2.05, 4.69) is 20.6 Å². The average molecular weight is 335 g/mol. The molecule has 2 N–H and O–H groups in total. The second-order valence-corrected chi connectivity index (χ2v) is 5.05. The monoisotopic (exact) mass is 335 g/mol. The van der Waals surface area contributed by atoms with Crippen molar-refractivity contribution in [2.24, 2.45) is 0 Å². The van der Waals surface area contributed by atoms with E-state index in [1.165, 1.54) is 18.5 Å². The highest BCUT2D eigenvalue weighted by Crippen LogP contribution is 2.18. The van der Waals surface area contributed by atoms with Crippen molar-refractivity contribution in [1.29, 1.82) is 0 Å². The topological polar surface area (TPSA) is 79.4 Å². The third-order valence-electron chi connectivity index (χ3n) is 3.39. The molecule has 1 aromatic carbocycles. The molecule has 0 atom stereocenters. The Balaban J connectivity index is 1.62. The normalized spacial score (nSPS) is 14.3. The third kappa shape index (κ3) is 3.74. The Bertz CT molecular complexity index is 700. The number of urea groups is 1. The van der Waals surface area contributed by atoms with E-state index in [1.807, 2.05) is 4.90 Å². The first-order chi connectivity index (χ1) is 11.6. The van der Waals surface area contributed by atoms with E-state index in [0.29, 0.717) is 37.9 Å². The van der Waals surface area contributed by atoms with Crippen LogP contribution in [0.15, 0.2) is 30.6 Å². The fourth-order valence-electron chi connectivity index (χ4n) is 2.21. The van der Waals surface area contributed by atoms with E-state index in [4.69, 9.17) is 4.74 Å². The van der Waals surface area contributed by atoms with Gasteiger partial charge in [0.15, 0.2) is 0 Å². The maximum absolute atomic E-state index is 13.5. The highest BCUT2D eigenvalue weighted by molar-refractivity contribution is 5.99. The average Bonchev–Trinajstić information content (AvgIpc) is 2.60. The number of morpholine rings is 1. The van der Waals surface area contributed by atoms with E-state index in [0.717, 1.165) is 12.1 Å². The number of hydrogen-bond acceptors (Lipinski definition) is 5. The lowest BCUT2D eigenvalue weighted by atomic mass is 10.3. The van der Waals surface area contributed by atoms with Gasteiger partial charge in [-0.25, -0.2) is 23.5 Å². The SMILES string of the molecule is O=C(Nc1cnc(N2CCOCC2)nc1)Nc1c(F)cccc1F. The van der Waals surface area contributed by atoms with Crippen molar-refractivity contribution in [2.75, 3.05) is 41.8 Å². The first-order valence-corrected chi connectivity index (χ1v) is 7.30. The number of benzene rings is 1. The van der Waals surface area contributed by atoms with E-state index >= 15 is 0 Å². The largest absolute Gasteiger partial charge is 0.378 e. The van der Waals surface area contributed by atoms with Crippen LogP contribution in [0.1, 0.15) is 0 Å². The lowest BCUT2D eigenvalue weighted by Crippen LogP contribution is -2.37. The fraction of sp³-hybridized carbons (Fsp3) is 0.267. The molecule has 1 aliphatic heterocycles. The first kappa shape index (κ1) is 16.1. The zero-order valence-corrected chi connectivity index (χ0v) is 12.6. The summed E-state index contributed by atoms with van der Waals surface area (Å²) in [6, 6.07) is 2.53. The van der Waals surface area contributed by atoms with Crippen LogP contribution in [0.3, 0.4) is 0 Å². The second kappa shape index (κ2) is 7.18. The Morgan fingerprint density at radius 3 is 2.33 bits per heavy atom. The lowest BCUT2D eigenvalue weighted by molar-refractivity contribution is 0.122. The molecule has 0 aliphatic carbocycles. The van der Waals surface area contributed by atoms with Crippen LogP contribution < -0.4 is 15.5 Å². The van der Waals surface area contributed by atoms with Crippen molar-refractivity contribution >= 4 is 23.4 Å². The molecule has 24 heavy (non-hydrogen) atoms. The van der Waals surface area contributed by atoms with Gasteiger partial charge in [-0.05, 0) is 12.1 Å². The predicted octanol–water partition coefficient (Wildman–Crippen LogP) is 2.24. The van der Waals surface area contributed by atoms with Gasteiger partial charge in [0.2, 0.25) is 5.95 Å². The molecular weight excluding hydrogens is 320 g/mol. The molecule has 3 rings (SSSR count). The van der Waals surface area contributed by atoms with Gasteiger partial charge < -0.3 is 20.3 Å². The maximum Gasteiger partial charge on any atom is 0.323 e. The van der Waals surface area contributed by atoms with E-state index in [9.17, 15) is 13.6 Å². The van der Waals surface area contributed by atoms with Gasteiger partial charge in [-0.3, -0.25) is 0 Å². The van der Waals surface area contributed by atoms with Crippen molar-refractivity contribution in [3.8, 4) is 0 Å². The van der Waals surface area contributed by atoms with Crippen LogP contribution in [0.4, 0.5) is 30.9 Å². The molecular formula is C15H15F2N5O2. The molecule has 0 radical (unpaired) electrons. The highest BCUT2D eigenvalue weighted by atomic mass is 19.1. The van der Waals surface area contributed by atoms with Gasteiger partial charge in [0, 0.05) is 13.1 Å². The van der Waals surface area contributed by atoms with Crippen LogP contribution in [0, 0.1) is 11.6 Å². The Morgan fingerprint density at radius 1 is 1.08 bits per heavy atom. The van der Waals surface area contributed by atoms with Crippen LogP contribution >= 0.6 is 0 Å². The first-order valence-electron chi connectivity index (χ1n) is 7.30. The lowest BCUT2D eigenvalue weighted by Gasteiger charge is -2.26. The zero-order chi connectivity index (χ0) is 16.9. The fourth-order valence-corrected chi connectivity index (χ4v) is 2.21. The molecule has 1 aromatic heterocycles. The molecule has 2 aromatic rings. The number of amides is 2. The molecule has 0 saturated carbocycles. The number of halogens is 2. The minimum absolute atomic E-state index is 0.307. The smallest absolute Gasteiger partial charge is 0.323 e. The summed E-state index contributed by atoms with van der Waals surface area (Å²) in [4.78, 5) is 22.1. The summed E-state index contributed by atoms with van der Waals surface area (Å²) in [7, 11) is 0. The molecule has 126 valence electrons. The summed E-state index contributed by atoms with van der Waals surface area (Å²) in [6.07, 6.45) is 2.85. The Kier molecular flexibility index (Phi) is 4.80. The van der Waals surface area contributed by atoms with Gasteiger partial charge in [0.1, 0.15) is 17.3 Å². The quantitative estimate of drug-likeness (QED) is 0.899. The molecule has 0 spiro atoms. The van der Waals surface area contributed by atoms with E-state index in [-0.39, 0.29) is 0 Å². The Morgan fingerprint density at radius 2 is 1.71 bits per heavy atom. The molecule has 0 unspecified atom stereocenters. The van der Waals surface area contributed by atoms with Crippen LogP contribution in [0.5, 0.6) is 0 Å². The number of carbonyl (C=O) groups is 1. The van der Waals surface area contributed by atoms with Gasteiger partial charge >= 0.3 is 6.03 Å². The van der Waals surface area contributed by atoms with Crippen molar-refractivity contribution in [1.82, 2.24) is 9.97 Å². The molecule has 1 saturated heterocycles. The van der Waals surface area contributed by atoms with E-state index < -0.39 is 23.4 Å². The molecule has 1 aliphatic rings. The summed E-state index contributed by atoms with van der Waals surface area (Å²) in [5.74, 6) is -1.18. The molecule has 9 heteroatoms. The number of nitrogens with zero attached hydrogens (tertiary/aromatic N) is 3. The number of hydrogen-bond donors (Lipinski definition) is 2. The summed E-state index contributed by atoms with van der Waals surface area (Å²) in [5.41, 5.74) is -0.206. The minimum Gasteiger partial charge on any atom is -0.378 e. The number of carbonyl (C=O) groups excluding carboxylic acids is 1. The number of ether oxygens (including phenoxy) is 1. The second-order valence-electron chi connectivity index (χ2n) is 5.05. The Hall–Kier alpha value is -2.81. The zero-order valence-electron chi connectivity index (χ0n) is 12.6. The van der Waals surface area contributed by atoms with Gasteiger partial charge in [0.25, 0.3) is 0 Å². The van der Waals surface area contributed by atoms with Gasteiger partial charge in [-0.2, -0.15) is 0 Å². The van der Waals surface area contributed by atoms with Crippen molar-refractivity contribution in [3.05, 3.63) is 42.2 Å². The van der Waals surface area contributed by atoms with Crippen LogP contribution in [0.25, 0.3) is 0 Å². The third-order valence-corrected chi connectivity index (χ3v) is 3.39. The molecule has 2 amide bonds. The summed E-state index contributed by atoms with van der Waals surface area (Å²) >= 11 is 0. The molecule has 0 bridgehead atoms. The molecule has 1 fully saturated rings. The van der Waals surface area contributed by atoms with Crippen molar-refractivity contribution in [2.45, 2.75) is 0 Å². The predicted molar refractivity (Wildman–Crippen MR) is 84.1 cm³/mol. The summed E-state index contributed by atoms with van der Waals surface area (Å²) in [5, 5.41) is 4.55. The summed E-state index contributed by atoms with van der Waals surface area (Å²) in [6.45, 7) is 2.61. The number of para-hydroxylation sites is 1. The number of nitrogens with one attached hydrogen (secondary N) is 2. The Labute approximate surface area is 136 Å². The van der Waals surface area contributed by atoms with Crippen LogP contribution in [-0.4, -0.2) is 42.3 Å². The number of rotatable bonds is 3. The van der Waals surface area contributed by atoms with Gasteiger partial charge in [-0.1, -0.05) is 6.07 Å². The van der Waals surface area contributed by atoms with E-state index in [1.54, 1.807) is 0 Å². The maximum atomic E-state index is 13.5. The van der Waals surface area contributed by atoms with Crippen molar-refractivity contribution in [3.63, 3.8) is 0 Å². The molecule has 2 heterocycles. The van der Waals surface area contributed by atoms with Crippen LogP contribution in [-0.2, 0) is 4.74 Å². The standard InChI is InChI=1S/C15H15F2N5O2/c16-11-2-1-3-12(17)13(11)21-15(23)20-10-8-18-14(19-9-10)22-4-6-24-7-5-22/h1-3,8-9H,4-7H2,(H2,20,21,23). The van der Waals surface area contributed by atoms with Crippen molar-refractivity contribution < 1.29 is 18.3 Å². The number of aromatic nitrogens is 2. The van der Waals surface area contributed by atoms with Crippen LogP contribution in [0.2, 0.25) is 0 Å².